The van der Waals surface area contributed by atoms with Gasteiger partial charge >= 0.3 is 0 Å². The van der Waals surface area contributed by atoms with Gasteiger partial charge in [0.2, 0.25) is 26.0 Å². The van der Waals surface area contributed by atoms with Crippen LogP contribution in [0.2, 0.25) is 0 Å². The van der Waals surface area contributed by atoms with E-state index in [1.54, 1.807) is 24.3 Å². The van der Waals surface area contributed by atoms with Crippen molar-refractivity contribution < 1.29 is 26.4 Å². The van der Waals surface area contributed by atoms with Crippen molar-refractivity contribution in [1.29, 1.82) is 0 Å². The zero-order valence-corrected chi connectivity index (χ0v) is 19.8. The second-order valence-electron chi connectivity index (χ2n) is 7.63. The van der Waals surface area contributed by atoms with Gasteiger partial charge in [0.1, 0.15) is 10.6 Å². The SMILES string of the molecule is COc1ccc(S(=O)(=O)N2CCC(C(=O)Nc3ccccc3S(=O)(=O)N(C)C)CC2)cc1. The number of nitrogens with one attached hydrogen (secondary N) is 1. The number of amides is 1. The Labute approximate surface area is 189 Å². The monoisotopic (exact) mass is 481 g/mol. The molecule has 1 aliphatic rings. The smallest absolute Gasteiger partial charge is 0.244 e. The second-order valence-corrected chi connectivity index (χ2v) is 11.7. The molecule has 0 aromatic heterocycles. The standard InChI is InChI=1S/C21H27N3O6S2/c1-23(2)32(28,29)20-7-5-4-6-19(20)22-21(25)16-12-14-24(15-13-16)31(26,27)18-10-8-17(30-3)9-11-18/h4-11,16H,12-15H2,1-3H3,(H,22,25). The molecule has 1 amide bonds. The van der Waals surface area contributed by atoms with Gasteiger partial charge in [-0.05, 0) is 49.2 Å². The number of rotatable bonds is 7. The Bertz CT molecular complexity index is 1170. The van der Waals surface area contributed by atoms with Crippen molar-refractivity contribution in [3.63, 3.8) is 0 Å². The van der Waals surface area contributed by atoms with Gasteiger partial charge in [0.25, 0.3) is 0 Å². The van der Waals surface area contributed by atoms with Crippen molar-refractivity contribution >= 4 is 31.6 Å². The molecule has 1 N–H and O–H groups in total. The fourth-order valence-electron chi connectivity index (χ4n) is 3.48. The minimum Gasteiger partial charge on any atom is -0.497 e. The molecule has 11 heteroatoms. The molecule has 0 radical (unpaired) electrons. The quantitative estimate of drug-likeness (QED) is 0.647. The largest absolute Gasteiger partial charge is 0.497 e. The van der Waals surface area contributed by atoms with Crippen LogP contribution in [0.1, 0.15) is 12.8 Å². The number of nitrogens with zero attached hydrogens (tertiary/aromatic N) is 2. The summed E-state index contributed by atoms with van der Waals surface area (Å²) in [4.78, 5) is 13.0. The maximum atomic E-state index is 12.9. The number of hydrogen-bond donors (Lipinski definition) is 1. The van der Waals surface area contributed by atoms with Crippen LogP contribution >= 0.6 is 0 Å². The lowest BCUT2D eigenvalue weighted by molar-refractivity contribution is -0.120. The van der Waals surface area contributed by atoms with Crippen LogP contribution in [-0.2, 0) is 24.8 Å². The number of carbonyl (C=O) groups is 1. The van der Waals surface area contributed by atoms with E-state index in [1.165, 1.54) is 49.8 Å². The summed E-state index contributed by atoms with van der Waals surface area (Å²) in [6.07, 6.45) is 0.674. The molecule has 0 bridgehead atoms. The summed E-state index contributed by atoms with van der Waals surface area (Å²) in [6.45, 7) is 0.397. The molecule has 0 spiro atoms. The minimum atomic E-state index is -3.73. The first-order valence-electron chi connectivity index (χ1n) is 10.0. The number of carbonyl (C=O) groups excluding carboxylic acids is 1. The maximum absolute atomic E-state index is 12.9. The number of hydrogen-bond acceptors (Lipinski definition) is 6. The highest BCUT2D eigenvalue weighted by molar-refractivity contribution is 7.89. The van der Waals surface area contributed by atoms with Crippen LogP contribution in [-0.4, -0.2) is 65.6 Å². The molecule has 32 heavy (non-hydrogen) atoms. The number of anilines is 1. The van der Waals surface area contributed by atoms with Gasteiger partial charge in [0, 0.05) is 33.1 Å². The number of benzene rings is 2. The van der Waals surface area contributed by atoms with E-state index in [9.17, 15) is 21.6 Å². The lowest BCUT2D eigenvalue weighted by Gasteiger charge is -2.30. The molecule has 1 aliphatic heterocycles. The van der Waals surface area contributed by atoms with E-state index in [0.29, 0.717) is 18.6 Å². The van der Waals surface area contributed by atoms with Gasteiger partial charge in [-0.1, -0.05) is 12.1 Å². The summed E-state index contributed by atoms with van der Waals surface area (Å²) < 4.78 is 58.4. The van der Waals surface area contributed by atoms with Crippen LogP contribution in [0.15, 0.2) is 58.3 Å². The zero-order chi connectivity index (χ0) is 23.5. The van der Waals surface area contributed by atoms with E-state index in [2.05, 4.69) is 5.32 Å². The normalized spacial score (nSPS) is 16.1. The number of piperidine rings is 1. The van der Waals surface area contributed by atoms with Crippen LogP contribution in [0, 0.1) is 5.92 Å². The highest BCUT2D eigenvalue weighted by Crippen LogP contribution is 2.28. The van der Waals surface area contributed by atoms with Crippen LogP contribution in [0.4, 0.5) is 5.69 Å². The first-order valence-corrected chi connectivity index (χ1v) is 12.9. The average Bonchev–Trinajstić information content (AvgIpc) is 2.79. The summed E-state index contributed by atoms with van der Waals surface area (Å²) >= 11 is 0. The van der Waals surface area contributed by atoms with Crippen LogP contribution in [0.5, 0.6) is 5.75 Å². The fourth-order valence-corrected chi connectivity index (χ4v) is 5.99. The molecule has 1 fully saturated rings. The molecule has 174 valence electrons. The van der Waals surface area contributed by atoms with Crippen molar-refractivity contribution in [2.45, 2.75) is 22.6 Å². The van der Waals surface area contributed by atoms with E-state index in [4.69, 9.17) is 4.74 Å². The van der Waals surface area contributed by atoms with Crippen molar-refractivity contribution in [2.75, 3.05) is 39.6 Å². The molecule has 0 aliphatic carbocycles. The van der Waals surface area contributed by atoms with E-state index in [-0.39, 0.29) is 34.5 Å². The fraction of sp³-hybridized carbons (Fsp3) is 0.381. The number of ether oxygens (including phenoxy) is 1. The van der Waals surface area contributed by atoms with E-state index >= 15 is 0 Å². The lowest BCUT2D eigenvalue weighted by atomic mass is 9.97. The van der Waals surface area contributed by atoms with Crippen LogP contribution in [0.3, 0.4) is 0 Å². The van der Waals surface area contributed by atoms with Gasteiger partial charge < -0.3 is 10.1 Å². The van der Waals surface area contributed by atoms with Crippen molar-refractivity contribution in [2.24, 2.45) is 5.92 Å². The summed E-state index contributed by atoms with van der Waals surface area (Å²) in [5.41, 5.74) is 0.208. The summed E-state index contributed by atoms with van der Waals surface area (Å²) in [5, 5.41) is 2.71. The highest BCUT2D eigenvalue weighted by Gasteiger charge is 2.33. The number of sulfonamides is 2. The van der Waals surface area contributed by atoms with E-state index in [0.717, 1.165) is 4.31 Å². The molecular formula is C21H27N3O6S2. The topological polar surface area (TPSA) is 113 Å². The molecule has 0 saturated carbocycles. The molecule has 2 aromatic rings. The Morgan fingerprint density at radius 1 is 1.00 bits per heavy atom. The molecule has 1 heterocycles. The van der Waals surface area contributed by atoms with E-state index < -0.39 is 26.0 Å². The summed E-state index contributed by atoms with van der Waals surface area (Å²) in [6, 6.07) is 12.4. The second kappa shape index (κ2) is 9.57. The van der Waals surface area contributed by atoms with Crippen molar-refractivity contribution in [3.05, 3.63) is 48.5 Å². The predicted octanol–water partition coefficient (Wildman–Crippen LogP) is 1.98. The molecule has 0 unspecified atom stereocenters. The first-order chi connectivity index (χ1) is 15.1. The minimum absolute atomic E-state index is 0.0119. The van der Waals surface area contributed by atoms with Gasteiger partial charge in [-0.15, -0.1) is 0 Å². The zero-order valence-electron chi connectivity index (χ0n) is 18.2. The van der Waals surface area contributed by atoms with Crippen molar-refractivity contribution in [3.8, 4) is 5.75 Å². The molecule has 0 atom stereocenters. The third-order valence-corrected chi connectivity index (χ3v) is 9.21. The molecule has 3 rings (SSSR count). The Morgan fingerprint density at radius 2 is 1.59 bits per heavy atom. The number of para-hydroxylation sites is 1. The lowest BCUT2D eigenvalue weighted by Crippen LogP contribution is -2.41. The van der Waals surface area contributed by atoms with E-state index in [1.807, 2.05) is 0 Å². The van der Waals surface area contributed by atoms with Crippen LogP contribution in [0.25, 0.3) is 0 Å². The van der Waals surface area contributed by atoms with Gasteiger partial charge in [0.05, 0.1) is 17.7 Å². The Morgan fingerprint density at radius 3 is 2.16 bits per heavy atom. The molecule has 1 saturated heterocycles. The van der Waals surface area contributed by atoms with Gasteiger partial charge in [-0.2, -0.15) is 4.31 Å². The van der Waals surface area contributed by atoms with Gasteiger partial charge in [-0.25, -0.2) is 21.1 Å². The van der Waals surface area contributed by atoms with Gasteiger partial charge in [-0.3, -0.25) is 4.79 Å². The average molecular weight is 482 g/mol. The molecule has 9 nitrogen and oxygen atoms in total. The predicted molar refractivity (Wildman–Crippen MR) is 120 cm³/mol. The Balaban J connectivity index is 1.68. The number of methoxy groups -OCH3 is 1. The molecule has 2 aromatic carbocycles. The Hall–Kier alpha value is -2.47. The summed E-state index contributed by atoms with van der Waals surface area (Å²) in [5.74, 6) is -0.184. The maximum Gasteiger partial charge on any atom is 0.244 e. The molecular weight excluding hydrogens is 454 g/mol. The first kappa shape index (κ1) is 24.2. The van der Waals surface area contributed by atoms with Crippen molar-refractivity contribution in [1.82, 2.24) is 8.61 Å². The summed E-state index contributed by atoms with van der Waals surface area (Å²) in [7, 11) is -3.04. The van der Waals surface area contributed by atoms with Gasteiger partial charge in [0.15, 0.2) is 0 Å². The Kier molecular flexibility index (Phi) is 7.23. The third kappa shape index (κ3) is 4.96. The third-order valence-electron chi connectivity index (χ3n) is 5.43. The van der Waals surface area contributed by atoms with Crippen LogP contribution < -0.4 is 10.1 Å². The highest BCUT2D eigenvalue weighted by atomic mass is 32.2.